The number of likely N-dealkylation sites (tertiary alicyclic amines) is 2. The van der Waals surface area contributed by atoms with E-state index in [-0.39, 0.29) is 48.5 Å². The summed E-state index contributed by atoms with van der Waals surface area (Å²) in [4.78, 5) is 102. The second-order valence-electron chi connectivity index (χ2n) is 24.0. The lowest BCUT2D eigenvalue weighted by atomic mass is 9.85. The molecule has 2 fully saturated rings. The Labute approximate surface area is 500 Å². The average Bonchev–Trinajstić information content (AvgIpc) is 3.35. The highest BCUT2D eigenvalue weighted by Gasteiger charge is 2.47. The Morgan fingerprint density at radius 1 is 0.476 bits per heavy atom. The second kappa shape index (κ2) is 25.9. The van der Waals surface area contributed by atoms with E-state index in [2.05, 4.69) is 31.9 Å². The van der Waals surface area contributed by atoms with Crippen LogP contribution in [0.1, 0.15) is 111 Å². The molecule has 7 aromatic rings. The van der Waals surface area contributed by atoms with E-state index in [1.165, 1.54) is 22.7 Å². The van der Waals surface area contributed by atoms with E-state index in [1.54, 1.807) is 62.0 Å². The fourth-order valence-corrected chi connectivity index (χ4v) is 13.1. The zero-order valence-corrected chi connectivity index (χ0v) is 51.0. The molecule has 0 radical (unpaired) electrons. The molecule has 2 aromatic heterocycles. The number of nitrogens with zero attached hydrogens (tertiary/aromatic N) is 4. The first-order valence-electron chi connectivity index (χ1n) is 28.6. The molecule has 84 heavy (non-hydrogen) atoms. The molecule has 0 saturated carbocycles. The summed E-state index contributed by atoms with van der Waals surface area (Å²) in [5, 5.41) is 19.8. The Balaban J connectivity index is 0.965. The van der Waals surface area contributed by atoms with Crippen molar-refractivity contribution in [2.45, 2.75) is 117 Å². The van der Waals surface area contributed by atoms with Crippen LogP contribution in [0.4, 0.5) is 0 Å². The normalized spacial score (nSPS) is 18.5. The van der Waals surface area contributed by atoms with Gasteiger partial charge in [0.2, 0.25) is 23.6 Å². The molecule has 8 unspecified atom stereocenters. The summed E-state index contributed by atoms with van der Waals surface area (Å²) in [5.41, 5.74) is 4.68. The van der Waals surface area contributed by atoms with Crippen molar-refractivity contribution in [3.8, 4) is 43.4 Å². The number of hydrogen-bond donors (Lipinski definition) is 6. The van der Waals surface area contributed by atoms with E-state index >= 15 is 9.59 Å². The molecule has 18 heteroatoms. The maximum atomic E-state index is 15.1. The van der Waals surface area contributed by atoms with E-state index in [0.29, 0.717) is 34.0 Å². The van der Waals surface area contributed by atoms with Crippen LogP contribution in [0.3, 0.4) is 0 Å². The van der Waals surface area contributed by atoms with Gasteiger partial charge in [-0.3, -0.25) is 28.8 Å². The van der Waals surface area contributed by atoms with Gasteiger partial charge in [-0.25, -0.2) is 9.97 Å². The van der Waals surface area contributed by atoms with Gasteiger partial charge in [0, 0.05) is 47.4 Å². The Morgan fingerprint density at radius 2 is 0.786 bits per heavy atom. The average molecular weight is 1170 g/mol. The van der Waals surface area contributed by atoms with Gasteiger partial charge >= 0.3 is 0 Å². The summed E-state index contributed by atoms with van der Waals surface area (Å²) in [6.07, 6.45) is 0.710. The summed E-state index contributed by atoms with van der Waals surface area (Å²) in [6.45, 7) is 15.3. The molecule has 16 nitrogen and oxygen atoms in total. The topological polar surface area (TPSA) is 207 Å². The van der Waals surface area contributed by atoms with Gasteiger partial charge in [0.05, 0.1) is 45.3 Å². The number of likely N-dealkylation sites (N-methyl/N-ethyl adjacent to an activating group) is 2. The maximum Gasteiger partial charge on any atom is 0.251 e. The van der Waals surface area contributed by atoms with Gasteiger partial charge in [-0.1, -0.05) is 163 Å². The number of thiazole rings is 2. The number of aromatic nitrogens is 2. The Bertz CT molecular complexity index is 3110. The third kappa shape index (κ3) is 13.7. The molecule has 8 atom stereocenters. The van der Waals surface area contributed by atoms with Gasteiger partial charge in [-0.05, 0) is 87.0 Å². The van der Waals surface area contributed by atoms with Crippen molar-refractivity contribution in [1.82, 2.24) is 51.7 Å². The van der Waals surface area contributed by atoms with Crippen LogP contribution in [0.5, 0.6) is 0 Å². The van der Waals surface area contributed by atoms with Gasteiger partial charge in [0.15, 0.2) is 0 Å². The molecule has 9 rings (SSSR count). The fourth-order valence-electron chi connectivity index (χ4n) is 10.7. The predicted octanol–water partition coefficient (Wildman–Crippen LogP) is 9.69. The summed E-state index contributed by atoms with van der Waals surface area (Å²) in [7, 11) is 3.39. The van der Waals surface area contributed by atoms with Gasteiger partial charge < -0.3 is 41.7 Å². The first kappa shape index (κ1) is 60.7. The third-order valence-corrected chi connectivity index (χ3v) is 18.1. The highest BCUT2D eigenvalue weighted by Crippen LogP contribution is 2.46. The molecule has 2 aliphatic heterocycles. The number of amides is 6. The van der Waals surface area contributed by atoms with Gasteiger partial charge in [0.1, 0.15) is 22.1 Å². The first-order chi connectivity index (χ1) is 40.1. The van der Waals surface area contributed by atoms with Crippen molar-refractivity contribution in [3.63, 3.8) is 0 Å². The Kier molecular flexibility index (Phi) is 18.7. The smallest absolute Gasteiger partial charge is 0.251 e. The van der Waals surface area contributed by atoms with Crippen LogP contribution >= 0.6 is 22.7 Å². The molecule has 6 amide bonds. The third-order valence-electron chi connectivity index (χ3n) is 15.7. The highest BCUT2D eigenvalue weighted by molar-refractivity contribution is 7.16. The zero-order valence-electron chi connectivity index (χ0n) is 49.4. The summed E-state index contributed by atoms with van der Waals surface area (Å²) < 4.78 is 0. The van der Waals surface area contributed by atoms with Crippen LogP contribution in [0.15, 0.2) is 146 Å². The van der Waals surface area contributed by atoms with Crippen molar-refractivity contribution >= 4 is 58.1 Å². The Morgan fingerprint density at radius 3 is 1.08 bits per heavy atom. The molecule has 6 N–H and O–H groups in total. The molecule has 2 aliphatic rings. The molecular weight excluding hydrogens is 1090 g/mol. The molecule has 438 valence electrons. The quantitative estimate of drug-likeness (QED) is 0.0480. The molecule has 5 aromatic carbocycles. The van der Waals surface area contributed by atoms with Crippen LogP contribution in [-0.2, 0) is 19.2 Å². The summed E-state index contributed by atoms with van der Waals surface area (Å²) >= 11 is 3.03. The van der Waals surface area contributed by atoms with Crippen LogP contribution in [0.25, 0.3) is 43.4 Å². The highest BCUT2D eigenvalue weighted by atomic mass is 32.1. The van der Waals surface area contributed by atoms with E-state index < -0.39 is 59.2 Å². The van der Waals surface area contributed by atoms with Crippen LogP contribution in [0, 0.1) is 10.8 Å². The second-order valence-corrected chi connectivity index (χ2v) is 26.0. The minimum atomic E-state index is -0.898. The number of benzene rings is 5. The number of hydrogen-bond acceptors (Lipinski definition) is 12. The van der Waals surface area contributed by atoms with Crippen molar-refractivity contribution in [2.24, 2.45) is 10.8 Å². The summed E-state index contributed by atoms with van der Waals surface area (Å²) in [5.74, 6) is -1.95. The zero-order chi connectivity index (χ0) is 60.0. The number of nitrogens with one attached hydrogen (secondary N) is 6. The van der Waals surface area contributed by atoms with Crippen LogP contribution in [-0.4, -0.2) is 119 Å². The van der Waals surface area contributed by atoms with E-state index in [4.69, 9.17) is 9.97 Å². The SMILES string of the molecule is CNC(C)C(=O)NC(C(=O)N1CC(NC(=O)c2ccc(C(=O)NC3CC(c4nc(-c5ccccc5)c(-c5ccccc5)s4)N(C(=O)C(NC(=O)C(C)NC)C(C)(C)C)C3)cc2)CC1c1nc(-c2ccccc2)c(-c2ccccc2)s1)C(C)(C)C. The molecule has 0 spiro atoms. The van der Waals surface area contributed by atoms with Crippen molar-refractivity contribution in [1.29, 1.82) is 0 Å². The molecule has 2 saturated heterocycles. The fraction of sp³-hybridized carbons (Fsp3) is 0.364. The monoisotopic (exact) mass is 1170 g/mol. The minimum absolute atomic E-state index is 0.155. The van der Waals surface area contributed by atoms with E-state index in [0.717, 1.165) is 43.4 Å². The predicted molar refractivity (Wildman–Crippen MR) is 333 cm³/mol. The lowest BCUT2D eigenvalue weighted by Crippen LogP contribution is -2.57. The summed E-state index contributed by atoms with van der Waals surface area (Å²) in [6, 6.07) is 41.3. The van der Waals surface area contributed by atoms with Crippen LogP contribution < -0.4 is 31.9 Å². The standard InChI is InChI=1S/C66H76N10O6S2/c1-39(67-9)57(77)73-55(65(3,4)5)63(81)75-37-47(35-49(75)61-71-51(41-23-15-11-16-24-41)53(83-61)43-27-19-13-20-28-43)69-59(79)45-31-33-46(34-32-45)60(80)70-48-36-50(76(38-48)64(82)56(66(6,7)8)74-58(78)40(2)68-10)62-72-52(42-25-17-12-18-26-42)54(84-62)44-29-21-14-22-30-44/h11-34,39-40,47-50,55-56,67-68H,35-38H2,1-10H3,(H,69,79)(H,70,80)(H,73,77)(H,74,78). The lowest BCUT2D eigenvalue weighted by molar-refractivity contribution is -0.140. The van der Waals surface area contributed by atoms with Crippen molar-refractivity contribution < 1.29 is 28.8 Å². The van der Waals surface area contributed by atoms with Crippen LogP contribution in [0.2, 0.25) is 0 Å². The van der Waals surface area contributed by atoms with Crippen molar-refractivity contribution in [3.05, 3.63) is 167 Å². The molecule has 4 heterocycles. The van der Waals surface area contributed by atoms with Gasteiger partial charge in [-0.2, -0.15) is 0 Å². The number of carbonyl (C=O) groups excluding carboxylic acids is 6. The molecule has 0 bridgehead atoms. The number of carbonyl (C=O) groups is 6. The first-order valence-corrected chi connectivity index (χ1v) is 30.3. The van der Waals surface area contributed by atoms with E-state index in [1.807, 2.05) is 163 Å². The lowest BCUT2D eigenvalue weighted by Gasteiger charge is -2.36. The van der Waals surface area contributed by atoms with E-state index in [9.17, 15) is 19.2 Å². The minimum Gasteiger partial charge on any atom is -0.347 e. The maximum absolute atomic E-state index is 15.1. The van der Waals surface area contributed by atoms with Gasteiger partial charge in [-0.15, -0.1) is 22.7 Å². The van der Waals surface area contributed by atoms with Crippen molar-refractivity contribution in [2.75, 3.05) is 27.2 Å². The molecule has 0 aliphatic carbocycles. The molecular formula is C66H76N10O6S2. The Hall–Kier alpha value is -7.90. The number of rotatable bonds is 18. The van der Waals surface area contributed by atoms with Gasteiger partial charge in [0.25, 0.3) is 11.8 Å². The largest absolute Gasteiger partial charge is 0.347 e.